The van der Waals surface area contributed by atoms with E-state index in [1.54, 1.807) is 0 Å². The standard InChI is InChI=1S/C8H13NO3S/c1-2-3-4-12-7(10)6-5-13-8(11)9-6/h6H,2-5H2,1H3,(H,9,11). The van der Waals surface area contributed by atoms with Crippen molar-refractivity contribution in [3.05, 3.63) is 0 Å². The van der Waals surface area contributed by atoms with E-state index in [0.29, 0.717) is 12.4 Å². The zero-order valence-electron chi connectivity index (χ0n) is 7.54. The molecule has 5 heteroatoms. The van der Waals surface area contributed by atoms with E-state index >= 15 is 0 Å². The van der Waals surface area contributed by atoms with Gasteiger partial charge in [-0.25, -0.2) is 4.79 Å². The maximum Gasteiger partial charge on any atom is 0.329 e. The third-order valence-electron chi connectivity index (χ3n) is 1.70. The molecule has 1 N–H and O–H groups in total. The lowest BCUT2D eigenvalue weighted by Crippen LogP contribution is -2.36. The summed E-state index contributed by atoms with van der Waals surface area (Å²) in [6, 6.07) is -0.436. The zero-order valence-corrected chi connectivity index (χ0v) is 8.36. The summed E-state index contributed by atoms with van der Waals surface area (Å²) in [5, 5.41) is 2.39. The van der Waals surface area contributed by atoms with Crippen LogP contribution in [0.4, 0.5) is 4.79 Å². The molecule has 1 unspecified atom stereocenters. The van der Waals surface area contributed by atoms with Crippen LogP contribution in [0.15, 0.2) is 0 Å². The molecule has 0 spiro atoms. The minimum atomic E-state index is -0.436. The van der Waals surface area contributed by atoms with Gasteiger partial charge in [-0.15, -0.1) is 0 Å². The van der Waals surface area contributed by atoms with Crippen LogP contribution in [0.2, 0.25) is 0 Å². The average Bonchev–Trinajstić information content (AvgIpc) is 2.52. The van der Waals surface area contributed by atoms with Crippen molar-refractivity contribution < 1.29 is 14.3 Å². The lowest BCUT2D eigenvalue weighted by atomic mass is 10.3. The Morgan fingerprint density at radius 2 is 2.54 bits per heavy atom. The van der Waals surface area contributed by atoms with Gasteiger partial charge < -0.3 is 10.1 Å². The number of carbonyl (C=O) groups is 2. The van der Waals surface area contributed by atoms with E-state index in [0.717, 1.165) is 24.6 Å². The lowest BCUT2D eigenvalue weighted by molar-refractivity contribution is -0.145. The maximum atomic E-state index is 11.2. The van der Waals surface area contributed by atoms with Crippen LogP contribution in [0.5, 0.6) is 0 Å². The molecule has 1 aliphatic rings. The van der Waals surface area contributed by atoms with Gasteiger partial charge in [0.2, 0.25) is 0 Å². The Hall–Kier alpha value is -0.710. The van der Waals surface area contributed by atoms with Gasteiger partial charge in [-0.2, -0.15) is 0 Å². The second-order valence-corrected chi connectivity index (χ2v) is 3.81. The first-order valence-electron chi connectivity index (χ1n) is 4.34. The Kier molecular flexibility index (Phi) is 4.08. The van der Waals surface area contributed by atoms with Crippen LogP contribution in [0.3, 0.4) is 0 Å². The van der Waals surface area contributed by atoms with E-state index in [4.69, 9.17) is 4.74 Å². The van der Waals surface area contributed by atoms with Crippen LogP contribution in [-0.2, 0) is 9.53 Å². The monoisotopic (exact) mass is 203 g/mol. The second kappa shape index (κ2) is 5.11. The Labute approximate surface area is 81.4 Å². The van der Waals surface area contributed by atoms with Crippen molar-refractivity contribution in [3.8, 4) is 0 Å². The van der Waals surface area contributed by atoms with Gasteiger partial charge in [0.25, 0.3) is 5.24 Å². The van der Waals surface area contributed by atoms with Gasteiger partial charge in [0, 0.05) is 5.75 Å². The summed E-state index contributed by atoms with van der Waals surface area (Å²) in [5.74, 6) is 0.177. The van der Waals surface area contributed by atoms with Gasteiger partial charge in [-0.3, -0.25) is 4.79 Å². The molecular formula is C8H13NO3S. The van der Waals surface area contributed by atoms with Crippen molar-refractivity contribution in [1.29, 1.82) is 0 Å². The van der Waals surface area contributed by atoms with Crippen LogP contribution >= 0.6 is 11.8 Å². The maximum absolute atomic E-state index is 11.2. The molecule has 0 aromatic heterocycles. The molecule has 1 atom stereocenters. The van der Waals surface area contributed by atoms with Crippen molar-refractivity contribution in [1.82, 2.24) is 5.32 Å². The molecule has 1 rings (SSSR count). The molecule has 1 aliphatic heterocycles. The minimum Gasteiger partial charge on any atom is -0.464 e. The first-order chi connectivity index (χ1) is 6.24. The minimum absolute atomic E-state index is 0.141. The Morgan fingerprint density at radius 3 is 3.08 bits per heavy atom. The predicted molar refractivity (Wildman–Crippen MR) is 50.6 cm³/mol. The van der Waals surface area contributed by atoms with E-state index in [9.17, 15) is 9.59 Å². The fourth-order valence-electron chi connectivity index (χ4n) is 0.929. The van der Waals surface area contributed by atoms with Gasteiger partial charge in [0.05, 0.1) is 6.61 Å². The number of hydrogen-bond donors (Lipinski definition) is 1. The molecule has 0 aliphatic carbocycles. The van der Waals surface area contributed by atoms with Gasteiger partial charge >= 0.3 is 5.97 Å². The number of hydrogen-bond acceptors (Lipinski definition) is 4. The van der Waals surface area contributed by atoms with Crippen molar-refractivity contribution in [2.45, 2.75) is 25.8 Å². The van der Waals surface area contributed by atoms with E-state index in [1.807, 2.05) is 6.92 Å². The van der Waals surface area contributed by atoms with Gasteiger partial charge in [0.15, 0.2) is 0 Å². The fraction of sp³-hybridized carbons (Fsp3) is 0.750. The van der Waals surface area contributed by atoms with E-state index in [1.165, 1.54) is 0 Å². The van der Waals surface area contributed by atoms with E-state index < -0.39 is 6.04 Å². The number of thioether (sulfide) groups is 1. The van der Waals surface area contributed by atoms with Crippen LogP contribution in [-0.4, -0.2) is 29.6 Å². The molecule has 13 heavy (non-hydrogen) atoms. The predicted octanol–water partition coefficient (Wildman–Crippen LogP) is 1.15. The largest absolute Gasteiger partial charge is 0.464 e. The summed E-state index contributed by atoms with van der Waals surface area (Å²) in [7, 11) is 0. The smallest absolute Gasteiger partial charge is 0.329 e. The quantitative estimate of drug-likeness (QED) is 0.550. The highest BCUT2D eigenvalue weighted by molar-refractivity contribution is 8.14. The van der Waals surface area contributed by atoms with Gasteiger partial charge in [-0.05, 0) is 6.42 Å². The average molecular weight is 203 g/mol. The molecule has 0 saturated carbocycles. The summed E-state index contributed by atoms with van der Waals surface area (Å²) in [5.41, 5.74) is 0. The van der Waals surface area contributed by atoms with Crippen LogP contribution in [0.25, 0.3) is 0 Å². The van der Waals surface area contributed by atoms with Crippen LogP contribution < -0.4 is 5.32 Å². The lowest BCUT2D eigenvalue weighted by Gasteiger charge is -2.08. The number of amides is 1. The molecule has 0 bridgehead atoms. The highest BCUT2D eigenvalue weighted by atomic mass is 32.2. The van der Waals surface area contributed by atoms with E-state index in [2.05, 4.69) is 5.32 Å². The van der Waals surface area contributed by atoms with Gasteiger partial charge in [0.1, 0.15) is 6.04 Å². The first kappa shape index (κ1) is 10.4. The number of carbonyl (C=O) groups excluding carboxylic acids is 2. The Morgan fingerprint density at radius 1 is 1.77 bits per heavy atom. The molecule has 74 valence electrons. The summed E-state index contributed by atoms with van der Waals surface area (Å²) in [6.45, 7) is 2.48. The summed E-state index contributed by atoms with van der Waals surface area (Å²) < 4.78 is 4.95. The third-order valence-corrected chi connectivity index (χ3v) is 2.58. The molecule has 1 fully saturated rings. The summed E-state index contributed by atoms with van der Waals surface area (Å²) >= 11 is 1.12. The molecule has 0 aromatic rings. The highest BCUT2D eigenvalue weighted by Crippen LogP contribution is 2.13. The van der Waals surface area contributed by atoms with Crippen molar-refractivity contribution in [2.24, 2.45) is 0 Å². The topological polar surface area (TPSA) is 55.4 Å². The molecule has 0 radical (unpaired) electrons. The highest BCUT2D eigenvalue weighted by Gasteiger charge is 2.28. The molecule has 0 aromatic carbocycles. The third kappa shape index (κ3) is 3.26. The van der Waals surface area contributed by atoms with Crippen molar-refractivity contribution in [3.63, 3.8) is 0 Å². The fourth-order valence-corrected chi connectivity index (χ4v) is 1.69. The zero-order chi connectivity index (χ0) is 9.68. The molecule has 4 nitrogen and oxygen atoms in total. The molecule has 1 amide bonds. The second-order valence-electron chi connectivity index (χ2n) is 2.82. The van der Waals surface area contributed by atoms with Crippen LogP contribution in [0, 0.1) is 0 Å². The Balaban J connectivity index is 2.20. The number of ether oxygens (including phenoxy) is 1. The number of rotatable bonds is 4. The van der Waals surface area contributed by atoms with Crippen molar-refractivity contribution in [2.75, 3.05) is 12.4 Å². The number of nitrogens with one attached hydrogen (secondary N) is 1. The summed E-state index contributed by atoms with van der Waals surface area (Å²) in [6.07, 6.45) is 1.87. The molecular weight excluding hydrogens is 190 g/mol. The Bertz CT molecular complexity index is 208. The molecule has 1 saturated heterocycles. The molecule has 1 heterocycles. The first-order valence-corrected chi connectivity index (χ1v) is 5.32. The van der Waals surface area contributed by atoms with Crippen LogP contribution in [0.1, 0.15) is 19.8 Å². The number of esters is 1. The van der Waals surface area contributed by atoms with Crippen molar-refractivity contribution >= 4 is 23.0 Å². The number of unbranched alkanes of at least 4 members (excludes halogenated alkanes) is 1. The SMILES string of the molecule is CCCCOC(=O)C1CSC(=O)N1. The normalized spacial score (nSPS) is 21.3. The summed E-state index contributed by atoms with van der Waals surface area (Å²) in [4.78, 5) is 21.9. The van der Waals surface area contributed by atoms with Gasteiger partial charge in [-0.1, -0.05) is 25.1 Å². The van der Waals surface area contributed by atoms with E-state index in [-0.39, 0.29) is 11.2 Å².